The molecule has 0 saturated heterocycles. The van der Waals surface area contributed by atoms with Crippen molar-refractivity contribution >= 4 is 34.2 Å². The Labute approximate surface area is 148 Å². The van der Waals surface area contributed by atoms with Gasteiger partial charge in [0.05, 0.1) is 11.7 Å². The van der Waals surface area contributed by atoms with Gasteiger partial charge >= 0.3 is 0 Å². The number of fused-ring (bicyclic) bond motifs is 4. The molecular weight excluding hydrogens is 332 g/mol. The molecule has 0 saturated carbocycles. The number of nitrogens with zero attached hydrogens (tertiary/aromatic N) is 5. The van der Waals surface area contributed by atoms with Gasteiger partial charge < -0.3 is 14.0 Å². The van der Waals surface area contributed by atoms with Gasteiger partial charge in [0, 0.05) is 12.4 Å². The van der Waals surface area contributed by atoms with Gasteiger partial charge in [-0.25, -0.2) is 5.43 Å². The Morgan fingerprint density at radius 3 is 2.96 bits per heavy atom. The summed E-state index contributed by atoms with van der Waals surface area (Å²) in [6.45, 7) is 0.249. The molecular formula is C18H14N6O2. The Morgan fingerprint density at radius 1 is 1.12 bits per heavy atom. The second-order valence-electron chi connectivity index (χ2n) is 5.87. The average molecular weight is 346 g/mol. The lowest BCUT2D eigenvalue weighted by atomic mass is 10.2. The molecule has 0 radical (unpaired) electrons. The highest BCUT2D eigenvalue weighted by atomic mass is 16.7. The van der Waals surface area contributed by atoms with Crippen molar-refractivity contribution < 1.29 is 9.47 Å². The van der Waals surface area contributed by atoms with Crippen molar-refractivity contribution in [3.05, 3.63) is 48.0 Å². The molecule has 26 heavy (non-hydrogen) atoms. The van der Waals surface area contributed by atoms with Gasteiger partial charge in [-0.05, 0) is 29.8 Å². The first-order chi connectivity index (χ1) is 12.8. The standard InChI is InChI=1S/C18H14N6O2/c1-24-13-5-3-2-4-12(13)16-17(24)20-18(23-21-16)22-19-9-11-6-7-14-15(8-11)26-10-25-14/h2-9H,10H2,1H3,(H,20,22,23)/b19-9+. The van der Waals surface area contributed by atoms with E-state index >= 15 is 0 Å². The fourth-order valence-electron chi connectivity index (χ4n) is 3.01. The zero-order chi connectivity index (χ0) is 17.5. The van der Waals surface area contributed by atoms with Crippen LogP contribution in [0.1, 0.15) is 5.56 Å². The number of hydrogen-bond donors (Lipinski definition) is 1. The van der Waals surface area contributed by atoms with E-state index in [1.807, 2.05) is 54.1 Å². The molecule has 1 N–H and O–H groups in total. The van der Waals surface area contributed by atoms with Crippen LogP contribution < -0.4 is 14.9 Å². The summed E-state index contributed by atoms with van der Waals surface area (Å²) >= 11 is 0. The first-order valence-corrected chi connectivity index (χ1v) is 8.06. The first-order valence-electron chi connectivity index (χ1n) is 8.06. The molecule has 1 aliphatic heterocycles. The third-order valence-corrected chi connectivity index (χ3v) is 4.28. The number of benzene rings is 2. The lowest BCUT2D eigenvalue weighted by molar-refractivity contribution is 0.174. The summed E-state index contributed by atoms with van der Waals surface area (Å²) in [5.41, 5.74) is 6.28. The van der Waals surface area contributed by atoms with Crippen molar-refractivity contribution in [2.24, 2.45) is 12.1 Å². The van der Waals surface area contributed by atoms with Crippen molar-refractivity contribution in [2.75, 3.05) is 12.2 Å². The third kappa shape index (κ3) is 2.31. The van der Waals surface area contributed by atoms with Crippen LogP contribution in [0.25, 0.3) is 22.1 Å². The number of aromatic nitrogens is 4. The molecule has 1 aliphatic rings. The molecule has 0 unspecified atom stereocenters. The second-order valence-corrected chi connectivity index (χ2v) is 5.87. The summed E-state index contributed by atoms with van der Waals surface area (Å²) in [5, 5.41) is 13.6. The number of hydrogen-bond acceptors (Lipinski definition) is 7. The first kappa shape index (κ1) is 14.6. The maximum Gasteiger partial charge on any atom is 0.265 e. The van der Waals surface area contributed by atoms with E-state index in [2.05, 4.69) is 25.7 Å². The van der Waals surface area contributed by atoms with E-state index in [1.165, 1.54) is 0 Å². The van der Waals surface area contributed by atoms with Crippen molar-refractivity contribution in [3.8, 4) is 11.5 Å². The molecule has 4 aromatic rings. The van der Waals surface area contributed by atoms with Crippen molar-refractivity contribution in [2.45, 2.75) is 0 Å². The molecule has 0 bridgehead atoms. The van der Waals surface area contributed by atoms with Gasteiger partial charge in [-0.2, -0.15) is 10.1 Å². The molecule has 2 aromatic heterocycles. The minimum absolute atomic E-state index is 0.249. The SMILES string of the molecule is Cn1c2ccccc2c2nnc(N/N=C/c3ccc4c(c3)OCO4)nc21. The van der Waals surface area contributed by atoms with Crippen LogP contribution in [0.15, 0.2) is 47.6 Å². The molecule has 0 aliphatic carbocycles. The zero-order valence-electron chi connectivity index (χ0n) is 13.9. The maximum absolute atomic E-state index is 5.35. The molecule has 5 rings (SSSR count). The molecule has 0 atom stereocenters. The Hall–Kier alpha value is -3.68. The van der Waals surface area contributed by atoms with Gasteiger partial charge in [0.15, 0.2) is 17.1 Å². The predicted octanol–water partition coefficient (Wildman–Crippen LogP) is 2.69. The van der Waals surface area contributed by atoms with Crippen molar-refractivity contribution in [3.63, 3.8) is 0 Å². The van der Waals surface area contributed by atoms with E-state index < -0.39 is 0 Å². The van der Waals surface area contributed by atoms with Crippen LogP contribution in [0.2, 0.25) is 0 Å². The Morgan fingerprint density at radius 2 is 2.00 bits per heavy atom. The topological polar surface area (TPSA) is 86.5 Å². The Bertz CT molecular complexity index is 1170. The van der Waals surface area contributed by atoms with Gasteiger partial charge in [0.25, 0.3) is 5.95 Å². The van der Waals surface area contributed by atoms with Crippen LogP contribution in [0, 0.1) is 0 Å². The molecule has 0 amide bonds. The quantitative estimate of drug-likeness (QED) is 0.453. The van der Waals surface area contributed by atoms with Gasteiger partial charge in [-0.15, -0.1) is 10.2 Å². The van der Waals surface area contributed by atoms with Crippen LogP contribution in [0.3, 0.4) is 0 Å². The van der Waals surface area contributed by atoms with Gasteiger partial charge in [-0.1, -0.05) is 18.2 Å². The van der Waals surface area contributed by atoms with E-state index in [0.717, 1.165) is 33.4 Å². The summed E-state index contributed by atoms with van der Waals surface area (Å²) in [6, 6.07) is 13.6. The zero-order valence-corrected chi connectivity index (χ0v) is 13.9. The van der Waals surface area contributed by atoms with E-state index in [4.69, 9.17) is 9.47 Å². The summed E-state index contributed by atoms with van der Waals surface area (Å²) < 4.78 is 12.6. The maximum atomic E-state index is 5.35. The molecule has 8 heteroatoms. The van der Waals surface area contributed by atoms with Crippen LogP contribution in [0.4, 0.5) is 5.95 Å². The van der Waals surface area contributed by atoms with Gasteiger partial charge in [0.1, 0.15) is 5.52 Å². The number of ether oxygens (including phenoxy) is 2. The monoisotopic (exact) mass is 346 g/mol. The summed E-state index contributed by atoms with van der Waals surface area (Å²) in [4.78, 5) is 4.52. The largest absolute Gasteiger partial charge is 0.454 e. The number of para-hydroxylation sites is 1. The van der Waals surface area contributed by atoms with Gasteiger partial charge in [-0.3, -0.25) is 0 Å². The molecule has 2 aromatic carbocycles. The Kier molecular flexibility index (Phi) is 3.21. The predicted molar refractivity (Wildman–Crippen MR) is 97.6 cm³/mol. The molecule has 3 heterocycles. The fourth-order valence-corrected chi connectivity index (χ4v) is 3.01. The number of aryl methyl sites for hydroxylation is 1. The van der Waals surface area contributed by atoms with E-state index in [9.17, 15) is 0 Å². The van der Waals surface area contributed by atoms with Crippen molar-refractivity contribution in [1.82, 2.24) is 19.7 Å². The highest BCUT2D eigenvalue weighted by Crippen LogP contribution is 2.32. The van der Waals surface area contributed by atoms with E-state index in [1.54, 1.807) is 6.21 Å². The van der Waals surface area contributed by atoms with Gasteiger partial charge in [0.2, 0.25) is 6.79 Å². The summed E-state index contributed by atoms with van der Waals surface area (Å²) in [5.74, 6) is 1.79. The van der Waals surface area contributed by atoms with Crippen LogP contribution >= 0.6 is 0 Å². The van der Waals surface area contributed by atoms with Crippen LogP contribution in [0.5, 0.6) is 11.5 Å². The van der Waals surface area contributed by atoms with E-state index in [0.29, 0.717) is 11.7 Å². The minimum Gasteiger partial charge on any atom is -0.454 e. The normalized spacial score (nSPS) is 13.1. The lowest BCUT2D eigenvalue weighted by Gasteiger charge is -2.00. The summed E-state index contributed by atoms with van der Waals surface area (Å²) in [6.07, 6.45) is 1.66. The number of nitrogens with one attached hydrogen (secondary N) is 1. The second kappa shape index (κ2) is 5.69. The third-order valence-electron chi connectivity index (χ3n) is 4.28. The highest BCUT2D eigenvalue weighted by Gasteiger charge is 2.13. The lowest BCUT2D eigenvalue weighted by Crippen LogP contribution is -2.00. The van der Waals surface area contributed by atoms with Crippen LogP contribution in [-0.4, -0.2) is 32.8 Å². The molecule has 0 spiro atoms. The number of rotatable bonds is 3. The Balaban J connectivity index is 1.43. The minimum atomic E-state index is 0.249. The van der Waals surface area contributed by atoms with Crippen molar-refractivity contribution in [1.29, 1.82) is 0 Å². The average Bonchev–Trinajstić information content (AvgIpc) is 3.25. The highest BCUT2D eigenvalue weighted by molar-refractivity contribution is 6.04. The smallest absolute Gasteiger partial charge is 0.265 e. The molecule has 8 nitrogen and oxygen atoms in total. The molecule has 128 valence electrons. The number of anilines is 1. The van der Waals surface area contributed by atoms with Crippen LogP contribution in [-0.2, 0) is 7.05 Å². The number of hydrazone groups is 1. The molecule has 0 fully saturated rings. The van der Waals surface area contributed by atoms with E-state index in [-0.39, 0.29) is 6.79 Å². The summed E-state index contributed by atoms with van der Waals surface area (Å²) in [7, 11) is 1.96. The fraction of sp³-hybridized carbons (Fsp3) is 0.111.